The van der Waals surface area contributed by atoms with Gasteiger partial charge in [0.15, 0.2) is 0 Å². The van der Waals surface area contributed by atoms with Gasteiger partial charge in [-0.15, -0.1) is 0 Å². The summed E-state index contributed by atoms with van der Waals surface area (Å²) < 4.78 is 37.0. The quantitative estimate of drug-likeness (QED) is 0.735. The van der Waals surface area contributed by atoms with Crippen molar-refractivity contribution >= 4 is 27.3 Å². The smallest absolute Gasteiger partial charge is 0.241 e. The van der Waals surface area contributed by atoms with Gasteiger partial charge < -0.3 is 15.2 Å². The van der Waals surface area contributed by atoms with E-state index in [1.54, 1.807) is 6.92 Å². The zero-order valence-electron chi connectivity index (χ0n) is 11.6. The number of ether oxygens (including phenoxy) is 2. The van der Waals surface area contributed by atoms with Crippen LogP contribution in [0.25, 0.3) is 0 Å². The van der Waals surface area contributed by atoms with Gasteiger partial charge in [0.2, 0.25) is 10.0 Å². The molecule has 114 valence electrons. The van der Waals surface area contributed by atoms with E-state index in [2.05, 4.69) is 4.72 Å². The minimum atomic E-state index is -3.71. The van der Waals surface area contributed by atoms with E-state index >= 15 is 0 Å². The second kappa shape index (κ2) is 7.24. The molecule has 1 unspecified atom stereocenters. The predicted octanol–water partition coefficient (Wildman–Crippen LogP) is 1.17. The van der Waals surface area contributed by atoms with Crippen molar-refractivity contribution in [3.05, 3.63) is 22.7 Å². The van der Waals surface area contributed by atoms with Crippen LogP contribution in [0.1, 0.15) is 5.56 Å². The number of nitrogens with two attached hydrogens (primary N) is 1. The van der Waals surface area contributed by atoms with E-state index in [4.69, 9.17) is 26.8 Å². The monoisotopic (exact) mass is 322 g/mol. The van der Waals surface area contributed by atoms with Crippen molar-refractivity contribution in [1.29, 1.82) is 0 Å². The topological polar surface area (TPSA) is 90.7 Å². The van der Waals surface area contributed by atoms with Crippen LogP contribution in [-0.4, -0.2) is 41.9 Å². The highest BCUT2D eigenvalue weighted by molar-refractivity contribution is 7.89. The number of hydrogen-bond donors (Lipinski definition) is 2. The van der Waals surface area contributed by atoms with Gasteiger partial charge in [0.1, 0.15) is 0 Å². The molecule has 1 aromatic carbocycles. The first-order chi connectivity index (χ1) is 9.31. The summed E-state index contributed by atoms with van der Waals surface area (Å²) in [6.07, 6.45) is -0.369. The molecule has 0 spiro atoms. The van der Waals surface area contributed by atoms with E-state index in [0.29, 0.717) is 11.3 Å². The van der Waals surface area contributed by atoms with E-state index in [9.17, 15) is 8.42 Å². The Morgan fingerprint density at radius 2 is 2.05 bits per heavy atom. The molecule has 0 aliphatic heterocycles. The lowest BCUT2D eigenvalue weighted by molar-refractivity contribution is 0.0320. The fourth-order valence-electron chi connectivity index (χ4n) is 1.63. The zero-order chi connectivity index (χ0) is 15.3. The molecule has 0 aliphatic carbocycles. The lowest BCUT2D eigenvalue weighted by Gasteiger charge is -2.16. The van der Waals surface area contributed by atoms with E-state index in [0.717, 1.165) is 0 Å². The molecule has 0 saturated carbocycles. The molecule has 0 aromatic heterocycles. The minimum Gasteiger partial charge on any atom is -0.398 e. The van der Waals surface area contributed by atoms with Crippen LogP contribution < -0.4 is 10.5 Å². The van der Waals surface area contributed by atoms with Crippen molar-refractivity contribution in [3.8, 4) is 0 Å². The van der Waals surface area contributed by atoms with Crippen LogP contribution in [0.15, 0.2) is 17.0 Å². The third-order valence-corrected chi connectivity index (χ3v) is 4.61. The Labute approximate surface area is 124 Å². The molecule has 0 amide bonds. The average molecular weight is 323 g/mol. The van der Waals surface area contributed by atoms with Crippen LogP contribution in [0, 0.1) is 6.92 Å². The zero-order valence-corrected chi connectivity index (χ0v) is 13.2. The van der Waals surface area contributed by atoms with Gasteiger partial charge >= 0.3 is 0 Å². The molecular weight excluding hydrogens is 304 g/mol. The molecule has 0 fully saturated rings. The second-order valence-electron chi connectivity index (χ2n) is 4.28. The highest BCUT2D eigenvalue weighted by atomic mass is 35.5. The molecule has 0 heterocycles. The Balaban J connectivity index is 2.94. The number of benzene rings is 1. The van der Waals surface area contributed by atoms with E-state index < -0.39 is 10.0 Å². The largest absolute Gasteiger partial charge is 0.398 e. The van der Waals surface area contributed by atoms with Crippen molar-refractivity contribution < 1.29 is 17.9 Å². The summed E-state index contributed by atoms with van der Waals surface area (Å²) in [6.45, 7) is 2.01. The lowest BCUT2D eigenvalue weighted by Crippen LogP contribution is -2.35. The molecule has 0 aliphatic rings. The highest BCUT2D eigenvalue weighted by Gasteiger charge is 2.20. The molecule has 1 rings (SSSR count). The Morgan fingerprint density at radius 1 is 1.40 bits per heavy atom. The number of nitrogen functional groups attached to an aromatic ring is 1. The van der Waals surface area contributed by atoms with Crippen LogP contribution in [0.4, 0.5) is 5.69 Å². The maximum Gasteiger partial charge on any atom is 0.241 e. The van der Waals surface area contributed by atoms with Crippen LogP contribution in [-0.2, 0) is 19.5 Å². The molecule has 0 saturated heterocycles. The van der Waals surface area contributed by atoms with Crippen molar-refractivity contribution in [2.75, 3.05) is 33.1 Å². The summed E-state index contributed by atoms with van der Waals surface area (Å²) in [6, 6.07) is 2.88. The fraction of sp³-hybridized carbons (Fsp3) is 0.500. The maximum absolute atomic E-state index is 12.3. The number of anilines is 1. The number of hydrogen-bond acceptors (Lipinski definition) is 5. The molecule has 20 heavy (non-hydrogen) atoms. The number of rotatable bonds is 7. The molecule has 8 heteroatoms. The third kappa shape index (κ3) is 4.32. The molecule has 0 radical (unpaired) electrons. The van der Waals surface area contributed by atoms with Gasteiger partial charge in [-0.2, -0.15) is 0 Å². The van der Waals surface area contributed by atoms with Crippen LogP contribution in [0.3, 0.4) is 0 Å². The number of nitrogens with one attached hydrogen (secondary N) is 1. The molecule has 0 bridgehead atoms. The summed E-state index contributed by atoms with van der Waals surface area (Å²) in [5.41, 5.74) is 6.52. The third-order valence-electron chi connectivity index (χ3n) is 2.84. The first-order valence-corrected chi connectivity index (χ1v) is 7.75. The van der Waals surface area contributed by atoms with Gasteiger partial charge in [-0.25, -0.2) is 13.1 Å². The fourth-order valence-corrected chi connectivity index (χ4v) is 3.29. The van der Waals surface area contributed by atoms with Gasteiger partial charge in [-0.1, -0.05) is 11.6 Å². The first-order valence-electron chi connectivity index (χ1n) is 5.88. The summed E-state index contributed by atoms with van der Waals surface area (Å²) in [4.78, 5) is 0.0646. The van der Waals surface area contributed by atoms with Gasteiger partial charge in [0, 0.05) is 31.5 Å². The van der Waals surface area contributed by atoms with E-state index in [1.165, 1.54) is 26.4 Å². The Morgan fingerprint density at radius 3 is 2.60 bits per heavy atom. The molecule has 1 aromatic rings. The lowest BCUT2D eigenvalue weighted by atomic mass is 10.2. The number of methoxy groups -OCH3 is 2. The maximum atomic E-state index is 12.3. The van der Waals surface area contributed by atoms with Gasteiger partial charge in [-0.3, -0.25) is 0 Å². The Kier molecular flexibility index (Phi) is 6.22. The molecule has 3 N–H and O–H groups in total. The summed E-state index contributed by atoms with van der Waals surface area (Å²) in [7, 11) is -0.707. The Hall–Kier alpha value is -0.860. The van der Waals surface area contributed by atoms with Gasteiger partial charge in [0.25, 0.3) is 0 Å². The van der Waals surface area contributed by atoms with Crippen LogP contribution >= 0.6 is 11.6 Å². The molecule has 1 atom stereocenters. The predicted molar refractivity (Wildman–Crippen MR) is 78.5 cm³/mol. The summed E-state index contributed by atoms with van der Waals surface area (Å²) in [5, 5.41) is 0.272. The van der Waals surface area contributed by atoms with E-state index in [1.807, 2.05) is 0 Å². The van der Waals surface area contributed by atoms with Crippen molar-refractivity contribution in [2.45, 2.75) is 17.9 Å². The highest BCUT2D eigenvalue weighted by Crippen LogP contribution is 2.25. The standard InChI is InChI=1S/C12H19ClN2O4S/c1-8-11(14)4-9(13)5-12(8)20(16,17)15-6-10(19-3)7-18-2/h4-5,10,15H,6-7,14H2,1-3H3. The number of halogens is 1. The second-order valence-corrected chi connectivity index (χ2v) is 6.45. The summed E-state index contributed by atoms with van der Waals surface area (Å²) >= 11 is 5.85. The minimum absolute atomic E-state index is 0.0646. The normalized spacial score (nSPS) is 13.4. The molecular formula is C12H19ClN2O4S. The van der Waals surface area contributed by atoms with Crippen molar-refractivity contribution in [1.82, 2.24) is 4.72 Å². The average Bonchev–Trinajstić information content (AvgIpc) is 2.38. The van der Waals surface area contributed by atoms with Crippen LogP contribution in [0.2, 0.25) is 5.02 Å². The molecule has 6 nitrogen and oxygen atoms in total. The van der Waals surface area contributed by atoms with Gasteiger partial charge in [0.05, 0.1) is 17.6 Å². The first kappa shape index (κ1) is 17.2. The SMILES string of the molecule is COCC(CNS(=O)(=O)c1cc(Cl)cc(N)c1C)OC. The van der Waals surface area contributed by atoms with E-state index in [-0.39, 0.29) is 29.2 Å². The Bertz CT molecular complexity index is 563. The van der Waals surface area contributed by atoms with Crippen molar-refractivity contribution in [3.63, 3.8) is 0 Å². The summed E-state index contributed by atoms with van der Waals surface area (Å²) in [5.74, 6) is 0. The van der Waals surface area contributed by atoms with Crippen LogP contribution in [0.5, 0.6) is 0 Å². The van der Waals surface area contributed by atoms with Crippen molar-refractivity contribution in [2.24, 2.45) is 0 Å². The van der Waals surface area contributed by atoms with Gasteiger partial charge in [-0.05, 0) is 24.6 Å². The number of sulfonamides is 1.